The van der Waals surface area contributed by atoms with Crippen LogP contribution in [-0.4, -0.2) is 36.7 Å². The second-order valence-corrected chi connectivity index (χ2v) is 13.4. The lowest BCUT2D eigenvalue weighted by molar-refractivity contribution is 0.102. The van der Waals surface area contributed by atoms with Crippen LogP contribution in [0.3, 0.4) is 0 Å². The van der Waals surface area contributed by atoms with Crippen molar-refractivity contribution in [3.05, 3.63) is 64.5 Å². The normalized spacial score (nSPS) is 13.7. The quantitative estimate of drug-likeness (QED) is 0.243. The maximum Gasteiger partial charge on any atom is 0.256 e. The predicted molar refractivity (Wildman–Crippen MR) is 153 cm³/mol. The third-order valence-electron chi connectivity index (χ3n) is 6.61. The number of anilines is 1. The number of carbonyl (C=O) groups excluding carboxylic acids is 1. The number of para-hydroxylation sites is 1. The number of rotatable bonds is 9. The molecule has 1 amide bonds. The lowest BCUT2D eigenvalue weighted by atomic mass is 9.95. The van der Waals surface area contributed by atoms with Crippen LogP contribution in [0.15, 0.2) is 53.4 Å². The highest BCUT2D eigenvalue weighted by Gasteiger charge is 2.26. The van der Waals surface area contributed by atoms with Crippen molar-refractivity contribution in [2.45, 2.75) is 57.3 Å². The fourth-order valence-electron chi connectivity index (χ4n) is 4.81. The van der Waals surface area contributed by atoms with Gasteiger partial charge in [0.15, 0.2) is 0 Å². The average Bonchev–Trinajstić information content (AvgIpc) is 3.49. The molecule has 1 aliphatic rings. The first-order valence-corrected chi connectivity index (χ1v) is 15.9. The van der Waals surface area contributed by atoms with E-state index < -0.39 is 10.0 Å². The van der Waals surface area contributed by atoms with Crippen molar-refractivity contribution < 1.29 is 13.2 Å². The minimum atomic E-state index is -3.59. The van der Waals surface area contributed by atoms with E-state index >= 15 is 0 Å². The largest absolute Gasteiger partial charge is 0.313 e. The summed E-state index contributed by atoms with van der Waals surface area (Å²) in [6.07, 6.45) is 5.81. The maximum atomic E-state index is 13.3. The topological polar surface area (TPSA) is 79.4 Å². The van der Waals surface area contributed by atoms with Gasteiger partial charge in [-0.05, 0) is 80.5 Å². The number of carbonyl (C=O) groups is 1. The number of amides is 1. The first-order chi connectivity index (χ1) is 17.9. The van der Waals surface area contributed by atoms with Gasteiger partial charge in [0.2, 0.25) is 10.0 Å². The highest BCUT2D eigenvalue weighted by atomic mass is 32.2. The van der Waals surface area contributed by atoms with Gasteiger partial charge in [-0.1, -0.05) is 26.0 Å². The summed E-state index contributed by atoms with van der Waals surface area (Å²) >= 11 is 3.30. The molecule has 6 nitrogen and oxygen atoms in total. The summed E-state index contributed by atoms with van der Waals surface area (Å²) in [7, 11) is -3.59. The van der Waals surface area contributed by atoms with Crippen LogP contribution in [0.2, 0.25) is 0 Å². The van der Waals surface area contributed by atoms with Crippen LogP contribution in [0.5, 0.6) is 0 Å². The molecule has 0 bridgehead atoms. The SMILES string of the molecule is CCCN(CCC)S(=O)(=O)c1ccc(C(=O)Nc2sc3c(c2-c2nc4ccccc4s2)CCCC3)cc1. The van der Waals surface area contributed by atoms with Gasteiger partial charge in [0.25, 0.3) is 5.91 Å². The van der Waals surface area contributed by atoms with E-state index in [2.05, 4.69) is 11.4 Å². The number of benzene rings is 2. The second-order valence-electron chi connectivity index (χ2n) is 9.28. The molecule has 9 heteroatoms. The van der Waals surface area contributed by atoms with Crippen molar-refractivity contribution in [1.29, 1.82) is 0 Å². The Morgan fingerprint density at radius 1 is 0.973 bits per heavy atom. The summed E-state index contributed by atoms with van der Waals surface area (Å²) in [4.78, 5) is 19.7. The Morgan fingerprint density at radius 3 is 2.38 bits per heavy atom. The minimum Gasteiger partial charge on any atom is -0.313 e. The fraction of sp³-hybridized carbons (Fsp3) is 0.357. The van der Waals surface area contributed by atoms with Crippen LogP contribution in [0.25, 0.3) is 20.8 Å². The first-order valence-electron chi connectivity index (χ1n) is 12.8. The van der Waals surface area contributed by atoms with Gasteiger partial charge < -0.3 is 5.32 Å². The first kappa shape index (κ1) is 26.0. The van der Waals surface area contributed by atoms with Crippen molar-refractivity contribution in [2.24, 2.45) is 0 Å². The van der Waals surface area contributed by atoms with Crippen molar-refractivity contribution in [3.8, 4) is 10.6 Å². The molecule has 0 spiro atoms. The molecule has 5 rings (SSSR count). The number of fused-ring (bicyclic) bond motifs is 2. The van der Waals surface area contributed by atoms with E-state index in [1.54, 1.807) is 34.8 Å². The summed E-state index contributed by atoms with van der Waals surface area (Å²) in [6.45, 7) is 4.90. The summed E-state index contributed by atoms with van der Waals surface area (Å²) in [5.41, 5.74) is 3.74. The number of thiazole rings is 1. The van der Waals surface area contributed by atoms with Gasteiger partial charge in [-0.3, -0.25) is 4.79 Å². The number of nitrogens with one attached hydrogen (secondary N) is 1. The Balaban J connectivity index is 1.43. The Bertz CT molecular complexity index is 1480. The van der Waals surface area contributed by atoms with Crippen LogP contribution < -0.4 is 5.32 Å². The van der Waals surface area contributed by atoms with Gasteiger partial charge in [0.1, 0.15) is 10.0 Å². The number of nitrogens with zero attached hydrogens (tertiary/aromatic N) is 2. The van der Waals surface area contributed by atoms with Gasteiger partial charge in [-0.25, -0.2) is 13.4 Å². The number of hydrogen-bond acceptors (Lipinski definition) is 6. The molecule has 0 saturated carbocycles. The molecule has 4 aromatic rings. The van der Waals surface area contributed by atoms with E-state index in [0.29, 0.717) is 18.7 Å². The summed E-state index contributed by atoms with van der Waals surface area (Å²) in [5, 5.41) is 4.89. The highest BCUT2D eigenvalue weighted by molar-refractivity contribution is 7.89. The van der Waals surface area contributed by atoms with Gasteiger partial charge in [-0.15, -0.1) is 22.7 Å². The monoisotopic (exact) mass is 553 g/mol. The average molecular weight is 554 g/mol. The molecule has 1 aliphatic carbocycles. The molecule has 37 heavy (non-hydrogen) atoms. The maximum absolute atomic E-state index is 13.3. The molecule has 194 valence electrons. The van der Waals surface area contributed by atoms with E-state index in [1.807, 2.05) is 32.0 Å². The van der Waals surface area contributed by atoms with Gasteiger partial charge in [0, 0.05) is 29.1 Å². The van der Waals surface area contributed by atoms with Crippen molar-refractivity contribution >= 4 is 53.8 Å². The van der Waals surface area contributed by atoms with Crippen molar-refractivity contribution in [3.63, 3.8) is 0 Å². The molecule has 1 N–H and O–H groups in total. The molecule has 0 unspecified atom stereocenters. The zero-order valence-electron chi connectivity index (χ0n) is 21.1. The van der Waals surface area contributed by atoms with Crippen LogP contribution in [0.4, 0.5) is 5.00 Å². The Labute approximate surface area is 226 Å². The number of sulfonamides is 1. The zero-order valence-corrected chi connectivity index (χ0v) is 23.6. The molecule has 0 saturated heterocycles. The highest BCUT2D eigenvalue weighted by Crippen LogP contribution is 2.46. The van der Waals surface area contributed by atoms with Crippen LogP contribution in [0, 0.1) is 0 Å². The minimum absolute atomic E-state index is 0.215. The number of thiophene rings is 1. The van der Waals surface area contributed by atoms with E-state index in [1.165, 1.54) is 26.9 Å². The van der Waals surface area contributed by atoms with E-state index in [9.17, 15) is 13.2 Å². The van der Waals surface area contributed by atoms with Gasteiger partial charge >= 0.3 is 0 Å². The van der Waals surface area contributed by atoms with Crippen LogP contribution in [0.1, 0.15) is 60.3 Å². The molecule has 2 aromatic heterocycles. The van der Waals surface area contributed by atoms with E-state index in [-0.39, 0.29) is 10.8 Å². The van der Waals surface area contributed by atoms with Gasteiger partial charge in [0.05, 0.1) is 15.1 Å². The van der Waals surface area contributed by atoms with E-state index in [0.717, 1.165) is 64.3 Å². The lowest BCUT2D eigenvalue weighted by Gasteiger charge is -2.21. The predicted octanol–water partition coefficient (Wildman–Crippen LogP) is 6.97. The summed E-state index contributed by atoms with van der Waals surface area (Å²) in [6, 6.07) is 14.4. The summed E-state index contributed by atoms with van der Waals surface area (Å²) < 4.78 is 28.8. The standard InChI is InChI=1S/C28H31N3O3S3/c1-3-17-31(18-4-2)37(33,34)20-15-13-19(14-16-20)26(32)30-28-25(21-9-5-7-11-23(21)35-28)27-29-22-10-6-8-12-24(22)36-27/h6,8,10,12-16H,3-5,7,9,11,17-18H2,1-2H3,(H,30,32). The Morgan fingerprint density at radius 2 is 1.68 bits per heavy atom. The number of aromatic nitrogens is 1. The zero-order chi connectivity index (χ0) is 26.0. The third-order valence-corrected chi connectivity index (χ3v) is 10.8. The third kappa shape index (κ3) is 5.23. The molecule has 2 heterocycles. The molecular weight excluding hydrogens is 523 g/mol. The molecule has 0 radical (unpaired) electrons. The Kier molecular flexibility index (Phi) is 7.76. The Hall–Kier alpha value is -2.59. The van der Waals surface area contributed by atoms with Crippen molar-refractivity contribution in [1.82, 2.24) is 9.29 Å². The molecule has 0 atom stereocenters. The van der Waals surface area contributed by atoms with Crippen molar-refractivity contribution in [2.75, 3.05) is 18.4 Å². The van der Waals surface area contributed by atoms with Gasteiger partial charge in [-0.2, -0.15) is 4.31 Å². The lowest BCUT2D eigenvalue weighted by Crippen LogP contribution is -2.32. The molecular formula is C28H31N3O3S3. The molecule has 2 aromatic carbocycles. The smallest absolute Gasteiger partial charge is 0.256 e. The number of hydrogen-bond donors (Lipinski definition) is 1. The molecule has 0 fully saturated rings. The van der Waals surface area contributed by atoms with Crippen LogP contribution >= 0.6 is 22.7 Å². The summed E-state index contributed by atoms with van der Waals surface area (Å²) in [5.74, 6) is -0.246. The second kappa shape index (κ2) is 11.0. The fourth-order valence-corrected chi connectivity index (χ4v) is 8.83. The molecule has 0 aliphatic heterocycles. The van der Waals surface area contributed by atoms with E-state index in [4.69, 9.17) is 4.98 Å². The van der Waals surface area contributed by atoms with Crippen LogP contribution in [-0.2, 0) is 22.9 Å². The number of aryl methyl sites for hydroxylation is 1.